The summed E-state index contributed by atoms with van der Waals surface area (Å²) in [7, 11) is 3.14. The number of amides is 2. The molecule has 2 heterocycles. The van der Waals surface area contributed by atoms with E-state index in [1.165, 1.54) is 0 Å². The summed E-state index contributed by atoms with van der Waals surface area (Å²) < 4.78 is 16.6. The van der Waals surface area contributed by atoms with Gasteiger partial charge < -0.3 is 19.2 Å². The second kappa shape index (κ2) is 6.38. The van der Waals surface area contributed by atoms with Crippen LogP contribution in [0.2, 0.25) is 5.02 Å². The zero-order chi connectivity index (χ0) is 18.3. The molecule has 1 aliphatic heterocycles. The Labute approximate surface area is 154 Å². The molecule has 26 heavy (non-hydrogen) atoms. The number of benzene rings is 2. The largest absolute Gasteiger partial charge is 0.497 e. The third-order valence-electron chi connectivity index (χ3n) is 4.24. The van der Waals surface area contributed by atoms with Gasteiger partial charge in [0.2, 0.25) is 0 Å². The van der Waals surface area contributed by atoms with Crippen molar-refractivity contribution < 1.29 is 18.7 Å². The van der Waals surface area contributed by atoms with Crippen molar-refractivity contribution in [2.75, 3.05) is 19.5 Å². The van der Waals surface area contributed by atoms with Gasteiger partial charge in [-0.25, -0.2) is 4.79 Å². The van der Waals surface area contributed by atoms with Crippen LogP contribution < -0.4 is 14.8 Å². The number of anilines is 1. The number of urea groups is 1. The summed E-state index contributed by atoms with van der Waals surface area (Å²) in [5.41, 5.74) is 2.45. The lowest BCUT2D eigenvalue weighted by Gasteiger charge is -2.11. The summed E-state index contributed by atoms with van der Waals surface area (Å²) in [6.45, 7) is 0. The van der Waals surface area contributed by atoms with Gasteiger partial charge in [-0.2, -0.15) is 4.99 Å². The molecule has 2 aromatic carbocycles. The number of halogens is 1. The van der Waals surface area contributed by atoms with E-state index in [4.69, 9.17) is 25.5 Å². The Bertz CT molecular complexity index is 1060. The Morgan fingerprint density at radius 1 is 1.15 bits per heavy atom. The Morgan fingerprint density at radius 2 is 2.00 bits per heavy atom. The predicted octanol–water partition coefficient (Wildman–Crippen LogP) is 4.68. The van der Waals surface area contributed by atoms with Crippen molar-refractivity contribution in [2.45, 2.75) is 6.42 Å². The van der Waals surface area contributed by atoms with Gasteiger partial charge >= 0.3 is 6.03 Å². The molecule has 0 radical (unpaired) electrons. The fraction of sp³-hybridized carbons (Fsp3) is 0.158. The number of furan rings is 1. The van der Waals surface area contributed by atoms with E-state index in [1.54, 1.807) is 50.6 Å². The van der Waals surface area contributed by atoms with E-state index in [9.17, 15) is 4.79 Å². The zero-order valence-corrected chi connectivity index (χ0v) is 14.9. The van der Waals surface area contributed by atoms with Gasteiger partial charge in [0.25, 0.3) is 0 Å². The topological polar surface area (TPSA) is 73.1 Å². The summed E-state index contributed by atoms with van der Waals surface area (Å²) in [5, 5.41) is 4.10. The van der Waals surface area contributed by atoms with Crippen molar-refractivity contribution in [3.8, 4) is 11.5 Å². The van der Waals surface area contributed by atoms with Crippen LogP contribution in [0.15, 0.2) is 45.8 Å². The highest BCUT2D eigenvalue weighted by molar-refractivity contribution is 6.31. The summed E-state index contributed by atoms with van der Waals surface area (Å²) in [6, 6.07) is 10.2. The lowest BCUT2D eigenvalue weighted by molar-refractivity contribution is 0.259. The maximum Gasteiger partial charge on any atom is 0.345 e. The van der Waals surface area contributed by atoms with Crippen molar-refractivity contribution in [3.63, 3.8) is 0 Å². The molecule has 132 valence electrons. The molecule has 0 aliphatic carbocycles. The molecule has 2 amide bonds. The Balaban J connectivity index is 1.85. The fourth-order valence-electron chi connectivity index (χ4n) is 3.03. The van der Waals surface area contributed by atoms with Crippen LogP contribution in [0.5, 0.6) is 11.5 Å². The highest BCUT2D eigenvalue weighted by atomic mass is 35.5. The van der Waals surface area contributed by atoms with Gasteiger partial charge in [-0.3, -0.25) is 0 Å². The Kier molecular flexibility index (Phi) is 4.05. The second-order valence-electron chi connectivity index (χ2n) is 5.77. The zero-order valence-electron chi connectivity index (χ0n) is 14.1. The first-order valence-electron chi connectivity index (χ1n) is 7.91. The molecule has 0 atom stereocenters. The van der Waals surface area contributed by atoms with Gasteiger partial charge in [0, 0.05) is 16.0 Å². The smallest absolute Gasteiger partial charge is 0.345 e. The molecule has 0 saturated heterocycles. The molecule has 1 N–H and O–H groups in total. The first kappa shape index (κ1) is 16.5. The number of ether oxygens (including phenoxy) is 2. The molecule has 4 rings (SSSR count). The van der Waals surface area contributed by atoms with E-state index >= 15 is 0 Å². The lowest BCUT2D eigenvalue weighted by Crippen LogP contribution is -2.10. The molecular weight excluding hydrogens is 356 g/mol. The molecule has 0 spiro atoms. The summed E-state index contributed by atoms with van der Waals surface area (Å²) in [4.78, 5) is 16.5. The van der Waals surface area contributed by atoms with Crippen molar-refractivity contribution >= 4 is 40.0 Å². The maximum atomic E-state index is 12.4. The SMILES string of the molecule is COc1ccc(OC)c(C2=NC(=O)Nc3c(oc4ccc(Cl)cc34)C2)c1. The molecule has 0 unspecified atom stereocenters. The number of carbonyl (C=O) groups is 1. The summed E-state index contributed by atoms with van der Waals surface area (Å²) in [6.07, 6.45) is 0.323. The number of nitrogens with zero attached hydrogens (tertiary/aromatic N) is 1. The molecule has 0 saturated carbocycles. The van der Waals surface area contributed by atoms with Crippen LogP contribution in [0.3, 0.4) is 0 Å². The van der Waals surface area contributed by atoms with Gasteiger partial charge in [-0.15, -0.1) is 0 Å². The van der Waals surface area contributed by atoms with Crippen LogP contribution in [0, 0.1) is 0 Å². The summed E-state index contributed by atoms with van der Waals surface area (Å²) in [5.74, 6) is 1.85. The minimum Gasteiger partial charge on any atom is -0.497 e. The Morgan fingerprint density at radius 3 is 2.77 bits per heavy atom. The van der Waals surface area contributed by atoms with Crippen LogP contribution in [0.1, 0.15) is 11.3 Å². The molecule has 0 fully saturated rings. The number of hydrogen-bond acceptors (Lipinski definition) is 4. The molecule has 1 aliphatic rings. The predicted molar refractivity (Wildman–Crippen MR) is 100 cm³/mol. The first-order chi connectivity index (χ1) is 12.6. The lowest BCUT2D eigenvalue weighted by atomic mass is 10.0. The van der Waals surface area contributed by atoms with Crippen molar-refractivity contribution in [2.24, 2.45) is 4.99 Å². The molecule has 6 nitrogen and oxygen atoms in total. The number of methoxy groups -OCH3 is 2. The number of aliphatic imine (C=N–C) groups is 1. The Hall–Kier alpha value is -2.99. The van der Waals surface area contributed by atoms with E-state index in [0.717, 1.165) is 5.39 Å². The highest BCUT2D eigenvalue weighted by Gasteiger charge is 2.24. The molecule has 1 aromatic heterocycles. The second-order valence-corrected chi connectivity index (χ2v) is 6.21. The average molecular weight is 371 g/mol. The van der Waals surface area contributed by atoms with Gasteiger partial charge in [0.05, 0.1) is 32.0 Å². The maximum absolute atomic E-state index is 12.4. The number of nitrogens with one attached hydrogen (secondary N) is 1. The average Bonchev–Trinajstić information content (AvgIpc) is 2.87. The molecular formula is C19H15ClN2O4. The van der Waals surface area contributed by atoms with Gasteiger partial charge in [0.1, 0.15) is 22.8 Å². The summed E-state index contributed by atoms with van der Waals surface area (Å²) >= 11 is 6.08. The van der Waals surface area contributed by atoms with Crippen LogP contribution in [0.4, 0.5) is 10.5 Å². The number of rotatable bonds is 3. The number of fused-ring (bicyclic) bond motifs is 3. The van der Waals surface area contributed by atoms with Crippen molar-refractivity contribution in [1.29, 1.82) is 0 Å². The van der Waals surface area contributed by atoms with E-state index in [2.05, 4.69) is 10.3 Å². The van der Waals surface area contributed by atoms with E-state index in [1.807, 2.05) is 0 Å². The van der Waals surface area contributed by atoms with Crippen LogP contribution in [-0.4, -0.2) is 26.0 Å². The monoisotopic (exact) mass is 370 g/mol. The van der Waals surface area contributed by atoms with E-state index in [0.29, 0.717) is 51.2 Å². The first-order valence-corrected chi connectivity index (χ1v) is 8.28. The third-order valence-corrected chi connectivity index (χ3v) is 4.47. The minimum atomic E-state index is -0.480. The van der Waals surface area contributed by atoms with Crippen LogP contribution >= 0.6 is 11.6 Å². The standard InChI is InChI=1S/C19H15ClN2O4/c1-24-11-4-6-15(25-2)12(8-11)14-9-17-18(22-19(23)21-14)13-7-10(20)3-5-16(13)26-17/h3-8H,9H2,1-2H3,(H,22,23). The van der Waals surface area contributed by atoms with Gasteiger partial charge in [-0.1, -0.05) is 11.6 Å². The number of hydrogen-bond donors (Lipinski definition) is 1. The molecule has 3 aromatic rings. The van der Waals surface area contributed by atoms with E-state index in [-0.39, 0.29) is 0 Å². The molecule has 0 bridgehead atoms. The van der Waals surface area contributed by atoms with Gasteiger partial charge in [0.15, 0.2) is 0 Å². The third kappa shape index (κ3) is 2.78. The normalized spacial score (nSPS) is 13.7. The quantitative estimate of drug-likeness (QED) is 0.726. The van der Waals surface area contributed by atoms with Crippen molar-refractivity contribution in [1.82, 2.24) is 0 Å². The van der Waals surface area contributed by atoms with E-state index < -0.39 is 6.03 Å². The van der Waals surface area contributed by atoms with Crippen LogP contribution in [0.25, 0.3) is 11.0 Å². The molecule has 7 heteroatoms. The minimum absolute atomic E-state index is 0.323. The van der Waals surface area contributed by atoms with Gasteiger partial charge in [-0.05, 0) is 36.4 Å². The van der Waals surface area contributed by atoms with Crippen LogP contribution in [-0.2, 0) is 6.42 Å². The fourth-order valence-corrected chi connectivity index (χ4v) is 3.20. The highest BCUT2D eigenvalue weighted by Crippen LogP contribution is 2.36. The number of carbonyl (C=O) groups excluding carboxylic acids is 1. The van der Waals surface area contributed by atoms with Crippen molar-refractivity contribution in [3.05, 3.63) is 52.7 Å².